The van der Waals surface area contributed by atoms with Crippen molar-refractivity contribution in [3.8, 4) is 11.1 Å². The maximum absolute atomic E-state index is 11.7. The topological polar surface area (TPSA) is 39.1 Å². The standard InChI is InChI=1S/C15H11Cl2NO2S/c1-21(19,20)18-8-7-10-9-11(5-6-14(10)18)15-12(16)3-2-4-13(15)17/h2-9H,1H3. The molecule has 0 saturated heterocycles. The van der Waals surface area contributed by atoms with Gasteiger partial charge in [0.1, 0.15) is 0 Å². The molecule has 0 N–H and O–H groups in total. The molecule has 0 unspecified atom stereocenters. The Kier molecular flexibility index (Phi) is 3.48. The van der Waals surface area contributed by atoms with E-state index in [-0.39, 0.29) is 0 Å². The van der Waals surface area contributed by atoms with Gasteiger partial charge in [-0.05, 0) is 35.9 Å². The average molecular weight is 340 g/mol. The van der Waals surface area contributed by atoms with Crippen molar-refractivity contribution in [3.05, 3.63) is 58.7 Å². The van der Waals surface area contributed by atoms with Gasteiger partial charge in [-0.2, -0.15) is 0 Å². The van der Waals surface area contributed by atoms with Crippen molar-refractivity contribution in [1.82, 2.24) is 3.97 Å². The van der Waals surface area contributed by atoms with E-state index in [4.69, 9.17) is 23.2 Å². The van der Waals surface area contributed by atoms with Crippen LogP contribution in [0.2, 0.25) is 10.0 Å². The van der Waals surface area contributed by atoms with Gasteiger partial charge in [-0.1, -0.05) is 35.3 Å². The number of fused-ring (bicyclic) bond motifs is 1. The van der Waals surface area contributed by atoms with Gasteiger partial charge in [-0.15, -0.1) is 0 Å². The lowest BCUT2D eigenvalue weighted by Gasteiger charge is -2.08. The van der Waals surface area contributed by atoms with Crippen molar-refractivity contribution in [3.63, 3.8) is 0 Å². The second-order valence-corrected chi connectivity index (χ2v) is 7.42. The molecule has 6 heteroatoms. The minimum atomic E-state index is -3.32. The van der Waals surface area contributed by atoms with Crippen LogP contribution in [-0.4, -0.2) is 18.6 Å². The number of benzene rings is 2. The van der Waals surface area contributed by atoms with Gasteiger partial charge in [0.05, 0.1) is 11.8 Å². The molecule has 0 amide bonds. The monoisotopic (exact) mass is 339 g/mol. The Morgan fingerprint density at radius 1 is 1.00 bits per heavy atom. The molecule has 0 fully saturated rings. The van der Waals surface area contributed by atoms with Gasteiger partial charge in [0.15, 0.2) is 0 Å². The Morgan fingerprint density at radius 3 is 2.29 bits per heavy atom. The second-order valence-electron chi connectivity index (χ2n) is 4.74. The first kappa shape index (κ1) is 14.4. The van der Waals surface area contributed by atoms with Crippen LogP contribution in [0.3, 0.4) is 0 Å². The number of rotatable bonds is 2. The lowest BCUT2D eigenvalue weighted by molar-refractivity contribution is 0.595. The zero-order valence-electron chi connectivity index (χ0n) is 11.0. The lowest BCUT2D eigenvalue weighted by atomic mass is 10.0. The molecule has 0 bridgehead atoms. The quantitative estimate of drug-likeness (QED) is 0.693. The van der Waals surface area contributed by atoms with E-state index < -0.39 is 10.0 Å². The third-order valence-electron chi connectivity index (χ3n) is 3.26. The zero-order valence-corrected chi connectivity index (χ0v) is 13.4. The highest BCUT2D eigenvalue weighted by Gasteiger charge is 2.13. The summed E-state index contributed by atoms with van der Waals surface area (Å²) in [5.41, 5.74) is 2.23. The van der Waals surface area contributed by atoms with Crippen molar-refractivity contribution >= 4 is 44.1 Å². The molecular weight excluding hydrogens is 329 g/mol. The highest BCUT2D eigenvalue weighted by Crippen LogP contribution is 2.36. The highest BCUT2D eigenvalue weighted by atomic mass is 35.5. The normalized spacial score (nSPS) is 12.0. The van der Waals surface area contributed by atoms with Crippen LogP contribution in [0.5, 0.6) is 0 Å². The first-order chi connectivity index (χ1) is 9.88. The molecule has 0 aliphatic heterocycles. The van der Waals surface area contributed by atoms with Gasteiger partial charge in [0, 0.05) is 27.2 Å². The predicted molar refractivity (Wildman–Crippen MR) is 87.6 cm³/mol. The fourth-order valence-corrected chi connectivity index (χ4v) is 3.76. The van der Waals surface area contributed by atoms with Gasteiger partial charge >= 0.3 is 0 Å². The van der Waals surface area contributed by atoms with E-state index in [1.165, 1.54) is 16.4 Å². The molecule has 21 heavy (non-hydrogen) atoms. The molecule has 0 aliphatic rings. The lowest BCUT2D eigenvalue weighted by Crippen LogP contribution is -2.07. The average Bonchev–Trinajstić information content (AvgIpc) is 2.81. The van der Waals surface area contributed by atoms with Crippen molar-refractivity contribution < 1.29 is 8.42 Å². The SMILES string of the molecule is CS(=O)(=O)n1ccc2cc(-c3c(Cl)cccc3Cl)ccc21. The molecule has 108 valence electrons. The van der Waals surface area contributed by atoms with Gasteiger partial charge in [0.2, 0.25) is 10.0 Å². The molecule has 3 nitrogen and oxygen atoms in total. The maximum Gasteiger partial charge on any atom is 0.236 e. The van der Waals surface area contributed by atoms with Crippen LogP contribution in [-0.2, 0) is 10.0 Å². The van der Waals surface area contributed by atoms with E-state index in [2.05, 4.69) is 0 Å². The smallest absolute Gasteiger partial charge is 0.236 e. The Labute approximate surface area is 132 Å². The molecule has 2 aromatic carbocycles. The first-order valence-electron chi connectivity index (χ1n) is 6.14. The van der Waals surface area contributed by atoms with E-state index in [9.17, 15) is 8.42 Å². The summed E-state index contributed by atoms with van der Waals surface area (Å²) in [6.07, 6.45) is 2.71. The van der Waals surface area contributed by atoms with E-state index in [0.717, 1.165) is 16.5 Å². The fraction of sp³-hybridized carbons (Fsp3) is 0.0667. The minimum Gasteiger partial charge on any atom is -0.245 e. The van der Waals surface area contributed by atoms with E-state index in [0.29, 0.717) is 15.6 Å². The van der Waals surface area contributed by atoms with Crippen LogP contribution in [0.15, 0.2) is 48.7 Å². The molecule has 1 aromatic heterocycles. The molecular formula is C15H11Cl2NO2S. The van der Waals surface area contributed by atoms with Crippen LogP contribution in [0, 0.1) is 0 Å². The molecule has 1 heterocycles. The maximum atomic E-state index is 11.7. The highest BCUT2D eigenvalue weighted by molar-refractivity contribution is 7.89. The number of halogens is 2. The van der Waals surface area contributed by atoms with E-state index in [1.54, 1.807) is 30.3 Å². The predicted octanol–water partition coefficient (Wildman–Crippen LogP) is 4.42. The summed E-state index contributed by atoms with van der Waals surface area (Å²) in [4.78, 5) is 0. The van der Waals surface area contributed by atoms with Crippen LogP contribution < -0.4 is 0 Å². The molecule has 0 aliphatic carbocycles. The Balaban J connectivity index is 2.24. The third-order valence-corrected chi connectivity index (χ3v) is 4.93. The summed E-state index contributed by atoms with van der Waals surface area (Å²) in [6.45, 7) is 0. The summed E-state index contributed by atoms with van der Waals surface area (Å²) in [6, 6.07) is 12.5. The van der Waals surface area contributed by atoms with Gasteiger partial charge in [0.25, 0.3) is 0 Å². The van der Waals surface area contributed by atoms with Crippen LogP contribution in [0.4, 0.5) is 0 Å². The summed E-state index contributed by atoms with van der Waals surface area (Å²) >= 11 is 12.4. The number of nitrogens with zero attached hydrogens (tertiary/aromatic N) is 1. The van der Waals surface area contributed by atoms with Crippen molar-refractivity contribution in [2.75, 3.05) is 6.26 Å². The van der Waals surface area contributed by atoms with Gasteiger partial charge in [-0.3, -0.25) is 0 Å². The molecule has 3 aromatic rings. The van der Waals surface area contributed by atoms with Crippen LogP contribution in [0.25, 0.3) is 22.0 Å². The first-order valence-corrected chi connectivity index (χ1v) is 8.74. The number of hydrogen-bond acceptors (Lipinski definition) is 2. The van der Waals surface area contributed by atoms with Crippen molar-refractivity contribution in [1.29, 1.82) is 0 Å². The Hall–Kier alpha value is -1.49. The van der Waals surface area contributed by atoms with Gasteiger partial charge in [-0.25, -0.2) is 12.4 Å². The third kappa shape index (κ3) is 2.55. The Bertz CT molecular complexity index is 925. The second kappa shape index (κ2) is 5.05. The largest absolute Gasteiger partial charge is 0.245 e. The van der Waals surface area contributed by atoms with Crippen molar-refractivity contribution in [2.45, 2.75) is 0 Å². The van der Waals surface area contributed by atoms with E-state index >= 15 is 0 Å². The number of hydrogen-bond donors (Lipinski definition) is 0. The summed E-state index contributed by atoms with van der Waals surface area (Å²) in [5.74, 6) is 0. The van der Waals surface area contributed by atoms with Gasteiger partial charge < -0.3 is 0 Å². The number of aromatic nitrogens is 1. The zero-order chi connectivity index (χ0) is 15.2. The summed E-state index contributed by atoms with van der Waals surface area (Å²) in [7, 11) is -3.32. The van der Waals surface area contributed by atoms with Crippen LogP contribution in [0.1, 0.15) is 0 Å². The minimum absolute atomic E-state index is 0.560. The molecule has 0 atom stereocenters. The van der Waals surface area contributed by atoms with E-state index in [1.807, 2.05) is 12.1 Å². The fourth-order valence-electron chi connectivity index (χ4n) is 2.34. The van der Waals surface area contributed by atoms with Crippen LogP contribution >= 0.6 is 23.2 Å². The summed E-state index contributed by atoms with van der Waals surface area (Å²) < 4.78 is 24.6. The molecule has 0 saturated carbocycles. The molecule has 0 spiro atoms. The molecule has 0 radical (unpaired) electrons. The van der Waals surface area contributed by atoms with Crippen molar-refractivity contribution in [2.24, 2.45) is 0 Å². The summed E-state index contributed by atoms with van der Waals surface area (Å²) in [5, 5.41) is 1.93. The molecule has 3 rings (SSSR count). The Morgan fingerprint density at radius 2 is 1.67 bits per heavy atom.